The molecule has 0 saturated heterocycles. The molecule has 32 heavy (non-hydrogen) atoms. The maximum absolute atomic E-state index is 12.4. The van der Waals surface area contributed by atoms with Gasteiger partial charge in [0.15, 0.2) is 0 Å². The standard InChI is InChI=1S/C24H29N5O2S/c1-24(2,27-13-3-16-29-17-15-26-19-29)22-8-4-20(5-9-22)12-14-28-32(30,31)23-10-6-21(18-25)7-11-23/h4-11,15,17,19,27-28H,3,12-14,16H2,1-2H3. The minimum atomic E-state index is -3.59. The van der Waals surface area contributed by atoms with Gasteiger partial charge in [0.2, 0.25) is 10.0 Å². The SMILES string of the molecule is CC(C)(NCCCn1ccnc1)c1ccc(CCNS(=O)(=O)c2ccc(C#N)cc2)cc1. The zero-order valence-corrected chi connectivity index (χ0v) is 19.3. The molecule has 0 aliphatic carbocycles. The Balaban J connectivity index is 1.47. The fraction of sp³-hybridized carbons (Fsp3) is 0.333. The van der Waals surface area contributed by atoms with Gasteiger partial charge in [0.1, 0.15) is 0 Å². The van der Waals surface area contributed by atoms with Crippen LogP contribution in [0.25, 0.3) is 0 Å². The van der Waals surface area contributed by atoms with E-state index in [1.54, 1.807) is 6.20 Å². The third kappa shape index (κ3) is 6.50. The average molecular weight is 452 g/mol. The molecule has 0 bridgehead atoms. The first-order valence-electron chi connectivity index (χ1n) is 10.6. The van der Waals surface area contributed by atoms with Crippen molar-refractivity contribution >= 4 is 10.0 Å². The van der Waals surface area contributed by atoms with Crippen molar-refractivity contribution in [2.24, 2.45) is 0 Å². The van der Waals surface area contributed by atoms with Gasteiger partial charge in [-0.15, -0.1) is 0 Å². The number of sulfonamides is 1. The fourth-order valence-corrected chi connectivity index (χ4v) is 4.43. The molecule has 3 rings (SSSR count). The number of aryl methyl sites for hydroxylation is 1. The molecule has 0 atom stereocenters. The van der Waals surface area contributed by atoms with Crippen LogP contribution in [0.2, 0.25) is 0 Å². The number of rotatable bonds is 11. The summed E-state index contributed by atoms with van der Waals surface area (Å²) in [7, 11) is -3.59. The van der Waals surface area contributed by atoms with Crippen LogP contribution >= 0.6 is 0 Å². The first kappa shape index (κ1) is 23.7. The fourth-order valence-electron chi connectivity index (χ4n) is 3.39. The Bertz CT molecular complexity index is 1130. The highest BCUT2D eigenvalue weighted by Gasteiger charge is 2.19. The maximum atomic E-state index is 12.4. The van der Waals surface area contributed by atoms with Gasteiger partial charge in [-0.05, 0) is 68.6 Å². The summed E-state index contributed by atoms with van der Waals surface area (Å²) in [6, 6.07) is 16.1. The number of nitrogens with zero attached hydrogens (tertiary/aromatic N) is 3. The van der Waals surface area contributed by atoms with Gasteiger partial charge in [-0.25, -0.2) is 18.1 Å². The number of nitriles is 1. The summed E-state index contributed by atoms with van der Waals surface area (Å²) in [6.45, 7) is 6.44. The molecule has 0 amide bonds. The Morgan fingerprint density at radius 2 is 1.78 bits per heavy atom. The van der Waals surface area contributed by atoms with Crippen LogP contribution < -0.4 is 10.0 Å². The summed E-state index contributed by atoms with van der Waals surface area (Å²) in [4.78, 5) is 4.22. The Kier molecular flexibility index (Phi) is 7.80. The smallest absolute Gasteiger partial charge is 0.240 e. The Morgan fingerprint density at radius 1 is 1.06 bits per heavy atom. The molecule has 1 heterocycles. The van der Waals surface area contributed by atoms with Crippen molar-refractivity contribution in [3.8, 4) is 6.07 Å². The van der Waals surface area contributed by atoms with Gasteiger partial charge in [0, 0.05) is 31.0 Å². The Morgan fingerprint density at radius 3 is 2.41 bits per heavy atom. The number of aromatic nitrogens is 2. The Labute approximate surface area is 190 Å². The van der Waals surface area contributed by atoms with Crippen LogP contribution in [0.15, 0.2) is 72.1 Å². The molecule has 0 saturated carbocycles. The van der Waals surface area contributed by atoms with Crippen LogP contribution in [-0.2, 0) is 28.5 Å². The first-order valence-corrected chi connectivity index (χ1v) is 12.1. The molecule has 1 aromatic heterocycles. The van der Waals surface area contributed by atoms with Crippen molar-refractivity contribution in [3.05, 3.63) is 83.9 Å². The molecule has 2 N–H and O–H groups in total. The second-order valence-electron chi connectivity index (χ2n) is 8.19. The summed E-state index contributed by atoms with van der Waals surface area (Å²) < 4.78 is 29.5. The topological polar surface area (TPSA) is 99.8 Å². The van der Waals surface area contributed by atoms with E-state index in [1.807, 2.05) is 30.7 Å². The van der Waals surface area contributed by atoms with Crippen molar-refractivity contribution in [1.29, 1.82) is 5.26 Å². The van der Waals surface area contributed by atoms with Crippen molar-refractivity contribution in [2.75, 3.05) is 13.1 Å². The zero-order chi connectivity index (χ0) is 23.0. The van der Waals surface area contributed by atoms with E-state index in [2.05, 4.69) is 45.6 Å². The lowest BCUT2D eigenvalue weighted by molar-refractivity contribution is 0.393. The van der Waals surface area contributed by atoms with Gasteiger partial charge >= 0.3 is 0 Å². The van der Waals surface area contributed by atoms with Crippen molar-refractivity contribution in [3.63, 3.8) is 0 Å². The molecular weight excluding hydrogens is 422 g/mol. The van der Waals surface area contributed by atoms with Crippen LogP contribution in [0.1, 0.15) is 37.0 Å². The summed E-state index contributed by atoms with van der Waals surface area (Å²) in [5.41, 5.74) is 2.51. The van der Waals surface area contributed by atoms with Crippen LogP contribution in [0, 0.1) is 11.3 Å². The number of nitrogens with one attached hydrogen (secondary N) is 2. The van der Waals surface area contributed by atoms with E-state index in [9.17, 15) is 8.42 Å². The van der Waals surface area contributed by atoms with Gasteiger partial charge in [0.25, 0.3) is 0 Å². The second-order valence-corrected chi connectivity index (χ2v) is 9.95. The van der Waals surface area contributed by atoms with Gasteiger partial charge in [0.05, 0.1) is 22.9 Å². The van der Waals surface area contributed by atoms with Crippen LogP contribution in [-0.4, -0.2) is 31.1 Å². The van der Waals surface area contributed by atoms with Crippen LogP contribution in [0.5, 0.6) is 0 Å². The second kappa shape index (κ2) is 10.6. The molecule has 7 nitrogen and oxygen atoms in total. The molecule has 2 aromatic carbocycles. The van der Waals surface area contributed by atoms with E-state index in [1.165, 1.54) is 29.8 Å². The monoisotopic (exact) mass is 451 g/mol. The highest BCUT2D eigenvalue weighted by Crippen LogP contribution is 2.20. The maximum Gasteiger partial charge on any atom is 0.240 e. The highest BCUT2D eigenvalue weighted by atomic mass is 32.2. The molecule has 0 unspecified atom stereocenters. The predicted octanol–water partition coefficient (Wildman–Crippen LogP) is 3.19. The predicted molar refractivity (Wildman–Crippen MR) is 124 cm³/mol. The molecule has 168 valence electrons. The van der Waals surface area contributed by atoms with Gasteiger partial charge in [-0.1, -0.05) is 24.3 Å². The number of imidazole rings is 1. The lowest BCUT2D eigenvalue weighted by atomic mass is 9.93. The zero-order valence-electron chi connectivity index (χ0n) is 18.5. The number of benzene rings is 2. The summed E-state index contributed by atoms with van der Waals surface area (Å²) in [5, 5.41) is 12.4. The van der Waals surface area contributed by atoms with Crippen molar-refractivity contribution in [1.82, 2.24) is 19.6 Å². The molecule has 0 spiro atoms. The first-order chi connectivity index (χ1) is 15.3. The van der Waals surface area contributed by atoms with E-state index < -0.39 is 10.0 Å². The quantitative estimate of drug-likeness (QED) is 0.436. The van der Waals surface area contributed by atoms with E-state index in [-0.39, 0.29) is 10.4 Å². The average Bonchev–Trinajstić information content (AvgIpc) is 3.31. The van der Waals surface area contributed by atoms with Crippen LogP contribution in [0.4, 0.5) is 0 Å². The minimum Gasteiger partial charge on any atom is -0.337 e. The summed E-state index contributed by atoms with van der Waals surface area (Å²) >= 11 is 0. The van der Waals surface area contributed by atoms with Crippen molar-refractivity contribution in [2.45, 2.75) is 43.7 Å². The van der Waals surface area contributed by atoms with E-state index in [0.717, 1.165) is 25.1 Å². The minimum absolute atomic E-state index is 0.160. The highest BCUT2D eigenvalue weighted by molar-refractivity contribution is 7.89. The third-order valence-corrected chi connectivity index (χ3v) is 6.87. The van der Waals surface area contributed by atoms with E-state index in [4.69, 9.17) is 5.26 Å². The van der Waals surface area contributed by atoms with Crippen molar-refractivity contribution < 1.29 is 8.42 Å². The molecule has 0 aliphatic rings. The van der Waals surface area contributed by atoms with Gasteiger partial charge in [-0.2, -0.15) is 5.26 Å². The van der Waals surface area contributed by atoms with Gasteiger partial charge < -0.3 is 9.88 Å². The molecule has 8 heteroatoms. The largest absolute Gasteiger partial charge is 0.337 e. The van der Waals surface area contributed by atoms with E-state index >= 15 is 0 Å². The lowest BCUT2D eigenvalue weighted by Gasteiger charge is -2.27. The van der Waals surface area contributed by atoms with E-state index in [0.29, 0.717) is 18.5 Å². The number of hydrogen-bond donors (Lipinski definition) is 2. The number of hydrogen-bond acceptors (Lipinski definition) is 5. The molecular formula is C24H29N5O2S. The third-order valence-electron chi connectivity index (χ3n) is 5.39. The van der Waals surface area contributed by atoms with Gasteiger partial charge in [-0.3, -0.25) is 0 Å². The normalized spacial score (nSPS) is 11.9. The molecule has 3 aromatic rings. The lowest BCUT2D eigenvalue weighted by Crippen LogP contribution is -2.37. The van der Waals surface area contributed by atoms with Crippen LogP contribution in [0.3, 0.4) is 0 Å². The molecule has 0 radical (unpaired) electrons. The molecule has 0 aliphatic heterocycles. The Hall–Kier alpha value is -2.99. The summed E-state index contributed by atoms with van der Waals surface area (Å²) in [5.74, 6) is 0. The molecule has 0 fully saturated rings. The summed E-state index contributed by atoms with van der Waals surface area (Å²) in [6.07, 6.45) is 7.19.